The number of nitrogens with zero attached hydrogens (tertiary/aromatic N) is 1. The van der Waals surface area contributed by atoms with Crippen molar-refractivity contribution in [2.45, 2.75) is 59.3 Å². The predicted octanol–water partition coefficient (Wildman–Crippen LogP) is 3.48. The van der Waals surface area contributed by atoms with E-state index in [1.54, 1.807) is 0 Å². The lowest BCUT2D eigenvalue weighted by molar-refractivity contribution is 0.00578. The molecular formula is C17H27BClNO2. The smallest absolute Gasteiger partial charge is 0.399 e. The second-order valence-corrected chi connectivity index (χ2v) is 7.26. The highest BCUT2D eigenvalue weighted by atomic mass is 35.5. The van der Waals surface area contributed by atoms with E-state index >= 15 is 0 Å². The molecule has 3 nitrogen and oxygen atoms in total. The number of hydrogen-bond donors (Lipinski definition) is 0. The number of benzene rings is 1. The minimum atomic E-state index is -0.366. The maximum atomic E-state index is 6.47. The van der Waals surface area contributed by atoms with Gasteiger partial charge in [-0.15, -0.1) is 0 Å². The van der Waals surface area contributed by atoms with Crippen LogP contribution in [0.3, 0.4) is 0 Å². The van der Waals surface area contributed by atoms with Gasteiger partial charge < -0.3 is 9.31 Å². The first kappa shape index (κ1) is 17.8. The second-order valence-electron chi connectivity index (χ2n) is 6.86. The summed E-state index contributed by atoms with van der Waals surface area (Å²) < 4.78 is 12.4. The average Bonchev–Trinajstić information content (AvgIpc) is 2.66. The van der Waals surface area contributed by atoms with E-state index in [-0.39, 0.29) is 18.3 Å². The lowest BCUT2D eigenvalue weighted by atomic mass is 9.75. The third-order valence-corrected chi connectivity index (χ3v) is 5.29. The Morgan fingerprint density at radius 3 is 2.09 bits per heavy atom. The Labute approximate surface area is 140 Å². The molecule has 122 valence electrons. The van der Waals surface area contributed by atoms with Gasteiger partial charge in [0.15, 0.2) is 0 Å². The van der Waals surface area contributed by atoms with Crippen LogP contribution in [-0.2, 0) is 15.9 Å². The van der Waals surface area contributed by atoms with E-state index in [9.17, 15) is 0 Å². The Bertz CT molecular complexity index is 513. The first-order valence-corrected chi connectivity index (χ1v) is 8.45. The Balaban J connectivity index is 2.34. The van der Waals surface area contributed by atoms with E-state index in [1.165, 1.54) is 0 Å². The molecular weight excluding hydrogens is 296 g/mol. The van der Waals surface area contributed by atoms with Crippen LogP contribution in [0.15, 0.2) is 18.2 Å². The highest BCUT2D eigenvalue weighted by molar-refractivity contribution is 6.63. The monoisotopic (exact) mass is 323 g/mol. The van der Waals surface area contributed by atoms with Gasteiger partial charge in [0.25, 0.3) is 0 Å². The van der Waals surface area contributed by atoms with Gasteiger partial charge in [0.05, 0.1) is 11.2 Å². The predicted molar refractivity (Wildman–Crippen MR) is 93.8 cm³/mol. The third-order valence-electron chi connectivity index (χ3n) is 4.94. The zero-order valence-corrected chi connectivity index (χ0v) is 15.3. The van der Waals surface area contributed by atoms with Crippen molar-refractivity contribution >= 4 is 24.2 Å². The Morgan fingerprint density at radius 2 is 1.59 bits per heavy atom. The molecule has 1 saturated heterocycles. The van der Waals surface area contributed by atoms with Crippen LogP contribution >= 0.6 is 11.6 Å². The van der Waals surface area contributed by atoms with Crippen molar-refractivity contribution < 1.29 is 9.31 Å². The molecule has 0 radical (unpaired) electrons. The minimum Gasteiger partial charge on any atom is -0.399 e. The van der Waals surface area contributed by atoms with Gasteiger partial charge in [-0.1, -0.05) is 37.6 Å². The summed E-state index contributed by atoms with van der Waals surface area (Å²) in [5.41, 5.74) is 1.46. The molecule has 2 rings (SSSR count). The second kappa shape index (κ2) is 6.52. The Morgan fingerprint density at radius 1 is 1.05 bits per heavy atom. The molecule has 0 amide bonds. The zero-order chi connectivity index (χ0) is 16.5. The normalized spacial score (nSPS) is 19.9. The zero-order valence-electron chi connectivity index (χ0n) is 14.6. The molecule has 0 saturated carbocycles. The molecule has 0 aliphatic carbocycles. The summed E-state index contributed by atoms with van der Waals surface area (Å²) in [5.74, 6) is 0. The third kappa shape index (κ3) is 3.35. The van der Waals surface area contributed by atoms with Crippen LogP contribution in [0.25, 0.3) is 0 Å². The highest BCUT2D eigenvalue weighted by Crippen LogP contribution is 2.37. The fourth-order valence-electron chi connectivity index (χ4n) is 2.60. The fourth-order valence-corrected chi connectivity index (χ4v) is 2.85. The van der Waals surface area contributed by atoms with Crippen LogP contribution in [0, 0.1) is 0 Å². The first-order chi connectivity index (χ1) is 10.2. The fraction of sp³-hybridized carbons (Fsp3) is 0.647. The van der Waals surface area contributed by atoms with Crippen LogP contribution in [-0.4, -0.2) is 36.3 Å². The van der Waals surface area contributed by atoms with Gasteiger partial charge in [-0.3, -0.25) is 4.90 Å². The van der Waals surface area contributed by atoms with Gasteiger partial charge in [0, 0.05) is 11.6 Å². The van der Waals surface area contributed by atoms with Crippen molar-refractivity contribution in [1.29, 1.82) is 0 Å². The van der Waals surface area contributed by atoms with E-state index in [1.807, 2.05) is 12.1 Å². The molecule has 0 bridgehead atoms. The average molecular weight is 324 g/mol. The van der Waals surface area contributed by atoms with Gasteiger partial charge in [0.2, 0.25) is 0 Å². The van der Waals surface area contributed by atoms with Crippen molar-refractivity contribution in [2.75, 3.05) is 13.1 Å². The first-order valence-electron chi connectivity index (χ1n) is 8.07. The Kier molecular flexibility index (Phi) is 5.28. The molecule has 1 heterocycles. The standard InChI is InChI=1S/C17H27BClNO2/c1-7-20(8-2)12-13-14(10-9-11-15(13)19)18-21-16(3,4)17(5,6)22-18/h9-11H,7-8,12H2,1-6H3. The van der Waals surface area contributed by atoms with E-state index in [4.69, 9.17) is 20.9 Å². The van der Waals surface area contributed by atoms with Gasteiger partial charge in [-0.2, -0.15) is 0 Å². The topological polar surface area (TPSA) is 21.7 Å². The lowest BCUT2D eigenvalue weighted by Crippen LogP contribution is -2.41. The van der Waals surface area contributed by atoms with Crippen LogP contribution in [0.5, 0.6) is 0 Å². The van der Waals surface area contributed by atoms with Crippen LogP contribution < -0.4 is 5.46 Å². The largest absolute Gasteiger partial charge is 0.495 e. The Hall–Kier alpha value is -0.545. The number of halogens is 1. The highest BCUT2D eigenvalue weighted by Gasteiger charge is 2.52. The molecule has 0 atom stereocenters. The molecule has 0 aromatic heterocycles. The summed E-state index contributed by atoms with van der Waals surface area (Å²) in [6, 6.07) is 5.97. The molecule has 1 aliphatic rings. The van der Waals surface area contributed by atoms with Gasteiger partial charge in [0.1, 0.15) is 0 Å². The van der Waals surface area contributed by atoms with Crippen molar-refractivity contribution in [1.82, 2.24) is 4.90 Å². The van der Waals surface area contributed by atoms with Crippen molar-refractivity contribution in [3.05, 3.63) is 28.8 Å². The van der Waals surface area contributed by atoms with Crippen LogP contribution in [0.1, 0.15) is 47.1 Å². The molecule has 0 spiro atoms. The van der Waals surface area contributed by atoms with E-state index in [2.05, 4.69) is 52.5 Å². The summed E-state index contributed by atoms with van der Waals surface area (Å²) in [6.07, 6.45) is 0. The molecule has 5 heteroatoms. The van der Waals surface area contributed by atoms with Crippen molar-refractivity contribution in [2.24, 2.45) is 0 Å². The number of rotatable bonds is 5. The van der Waals surface area contributed by atoms with Crippen molar-refractivity contribution in [3.8, 4) is 0 Å². The number of hydrogen-bond acceptors (Lipinski definition) is 3. The molecule has 1 fully saturated rings. The lowest BCUT2D eigenvalue weighted by Gasteiger charge is -2.32. The quantitative estimate of drug-likeness (QED) is 0.774. The molecule has 0 N–H and O–H groups in total. The van der Waals surface area contributed by atoms with Crippen LogP contribution in [0.4, 0.5) is 0 Å². The van der Waals surface area contributed by atoms with Crippen molar-refractivity contribution in [3.63, 3.8) is 0 Å². The summed E-state index contributed by atoms with van der Waals surface area (Å²) in [4.78, 5) is 2.34. The molecule has 1 aromatic rings. The van der Waals surface area contributed by atoms with E-state index in [0.29, 0.717) is 0 Å². The van der Waals surface area contributed by atoms with Gasteiger partial charge in [-0.25, -0.2) is 0 Å². The van der Waals surface area contributed by atoms with E-state index < -0.39 is 0 Å². The van der Waals surface area contributed by atoms with Gasteiger partial charge >= 0.3 is 7.12 Å². The SMILES string of the molecule is CCN(CC)Cc1c(Cl)cccc1B1OC(C)(C)C(C)(C)O1. The summed E-state index contributed by atoms with van der Waals surface area (Å²) in [6.45, 7) is 15.4. The minimum absolute atomic E-state index is 0.341. The van der Waals surface area contributed by atoms with Gasteiger partial charge in [-0.05, 0) is 57.9 Å². The molecule has 1 aromatic carbocycles. The maximum Gasteiger partial charge on any atom is 0.495 e. The summed E-state index contributed by atoms with van der Waals surface area (Å²) in [5, 5.41) is 0.777. The summed E-state index contributed by atoms with van der Waals surface area (Å²) >= 11 is 6.47. The van der Waals surface area contributed by atoms with Crippen LogP contribution in [0.2, 0.25) is 5.02 Å². The molecule has 0 unspecified atom stereocenters. The van der Waals surface area contributed by atoms with E-state index in [0.717, 1.165) is 35.7 Å². The maximum absolute atomic E-state index is 6.47. The summed E-state index contributed by atoms with van der Waals surface area (Å²) in [7, 11) is -0.366. The molecule has 1 aliphatic heterocycles. The molecule has 22 heavy (non-hydrogen) atoms.